The summed E-state index contributed by atoms with van der Waals surface area (Å²) in [5.41, 5.74) is 0. The van der Waals surface area contributed by atoms with Crippen molar-refractivity contribution in [3.05, 3.63) is 0 Å². The number of piperidine rings is 3. The van der Waals surface area contributed by atoms with E-state index >= 15 is 0 Å². The summed E-state index contributed by atoms with van der Waals surface area (Å²) in [7, 11) is 0. The lowest BCUT2D eigenvalue weighted by Gasteiger charge is -2.47. The monoisotopic (exact) mass is 275 g/mol. The van der Waals surface area contributed by atoms with Gasteiger partial charge in [-0.25, -0.2) is 0 Å². The molecule has 0 aromatic rings. The molecule has 4 atom stereocenters. The van der Waals surface area contributed by atoms with Gasteiger partial charge < -0.3 is 0 Å². The minimum absolute atomic E-state index is 0.554. The number of alkyl halides is 1. The quantitative estimate of drug-likeness (QED) is 0.400. The van der Waals surface area contributed by atoms with E-state index in [2.05, 4.69) is 33.4 Å². The molecule has 0 radical (unpaired) electrons. The lowest BCUT2D eigenvalue weighted by molar-refractivity contribution is 0.0347. The summed E-state index contributed by atoms with van der Waals surface area (Å²) < 4.78 is 1.27. The van der Waals surface area contributed by atoms with E-state index in [1.54, 1.807) is 0 Å². The van der Waals surface area contributed by atoms with Crippen molar-refractivity contribution in [1.29, 1.82) is 0 Å². The number of nitrogens with zero attached hydrogens (tertiary/aromatic N) is 1. The highest BCUT2D eigenvalue weighted by atomic mass is 127. The molecule has 66 valence electrons. The van der Waals surface area contributed by atoms with Crippen LogP contribution in [-0.4, -0.2) is 28.5 Å². The van der Waals surface area contributed by atoms with Gasteiger partial charge in [-0.1, -0.05) is 22.6 Å². The second kappa shape index (κ2) is 3.55. The first-order chi connectivity index (χ1) is 5.85. The maximum absolute atomic E-state index is 5.50. The molecule has 1 nitrogen and oxygen atoms in total. The summed E-state index contributed by atoms with van der Waals surface area (Å²) in [6.07, 6.45) is 8.18. The van der Waals surface area contributed by atoms with Crippen LogP contribution in [0.15, 0.2) is 0 Å². The van der Waals surface area contributed by atoms with Gasteiger partial charge in [0.25, 0.3) is 0 Å². The Labute approximate surface area is 88.0 Å². The molecule has 0 spiro atoms. The van der Waals surface area contributed by atoms with Gasteiger partial charge in [0.1, 0.15) is 0 Å². The lowest BCUT2D eigenvalue weighted by Crippen LogP contribution is -2.53. The molecule has 3 saturated heterocycles. The van der Waals surface area contributed by atoms with Crippen LogP contribution >= 0.6 is 22.6 Å². The molecule has 0 N–H and O–H groups in total. The predicted octanol–water partition coefficient (Wildman–Crippen LogP) is 1.77. The molecule has 0 aliphatic carbocycles. The summed E-state index contributed by atoms with van der Waals surface area (Å²) >= 11 is 2.49. The Bertz CT molecular complexity index is 208. The maximum atomic E-state index is 5.50. The first kappa shape index (κ1) is 8.83. The van der Waals surface area contributed by atoms with E-state index in [9.17, 15) is 0 Å². The van der Waals surface area contributed by atoms with Crippen molar-refractivity contribution < 1.29 is 0 Å². The fraction of sp³-hybridized carbons (Fsp3) is 0.800. The summed E-state index contributed by atoms with van der Waals surface area (Å²) in [5.74, 6) is 4.32. The maximum Gasteiger partial charge on any atom is 0.0356 e. The topological polar surface area (TPSA) is 3.24 Å². The van der Waals surface area contributed by atoms with Crippen molar-refractivity contribution in [2.75, 3.05) is 17.5 Å². The van der Waals surface area contributed by atoms with Crippen molar-refractivity contribution in [2.24, 2.45) is 11.8 Å². The first-order valence-corrected chi connectivity index (χ1v) is 6.14. The van der Waals surface area contributed by atoms with E-state index in [4.69, 9.17) is 6.42 Å². The molecule has 0 amide bonds. The van der Waals surface area contributed by atoms with Gasteiger partial charge in [-0.05, 0) is 25.3 Å². The molecule has 3 aliphatic rings. The smallest absolute Gasteiger partial charge is 0.0356 e. The van der Waals surface area contributed by atoms with Crippen LogP contribution < -0.4 is 0 Å². The molecule has 0 saturated carbocycles. The third kappa shape index (κ3) is 1.38. The Balaban J connectivity index is 2.07. The Hall–Kier alpha value is 0.250. The van der Waals surface area contributed by atoms with Crippen molar-refractivity contribution in [1.82, 2.24) is 4.90 Å². The molecular weight excluding hydrogens is 261 g/mol. The van der Waals surface area contributed by atoms with Gasteiger partial charge in [0.05, 0.1) is 0 Å². The zero-order chi connectivity index (χ0) is 8.55. The Morgan fingerprint density at radius 1 is 1.58 bits per heavy atom. The van der Waals surface area contributed by atoms with Crippen molar-refractivity contribution >= 4 is 22.6 Å². The Morgan fingerprint density at radius 2 is 2.42 bits per heavy atom. The highest BCUT2D eigenvalue weighted by molar-refractivity contribution is 14.1. The number of rotatable bonds is 1. The molecular formula is C10H14IN. The average molecular weight is 275 g/mol. The number of terminal acetylenes is 1. The van der Waals surface area contributed by atoms with Gasteiger partial charge in [0, 0.05) is 22.9 Å². The van der Waals surface area contributed by atoms with E-state index in [1.165, 1.54) is 23.8 Å². The van der Waals surface area contributed by atoms with Crippen molar-refractivity contribution in [2.45, 2.75) is 18.9 Å². The zero-order valence-corrected chi connectivity index (χ0v) is 9.33. The lowest BCUT2D eigenvalue weighted by atomic mass is 9.76. The fourth-order valence-corrected chi connectivity index (χ4v) is 3.40. The van der Waals surface area contributed by atoms with Crippen LogP contribution in [0.25, 0.3) is 0 Å². The molecule has 0 aromatic carbocycles. The summed E-state index contributed by atoms with van der Waals surface area (Å²) in [4.78, 5) is 2.58. The summed E-state index contributed by atoms with van der Waals surface area (Å²) in [6, 6.07) is 0.828. The molecule has 12 heavy (non-hydrogen) atoms. The van der Waals surface area contributed by atoms with Crippen LogP contribution in [0.1, 0.15) is 12.8 Å². The minimum Gasteiger partial charge on any atom is -0.298 e. The second-order valence-corrected chi connectivity index (χ2v) is 4.74. The van der Waals surface area contributed by atoms with E-state index < -0.39 is 0 Å². The van der Waals surface area contributed by atoms with Crippen LogP contribution in [0, 0.1) is 24.2 Å². The molecule has 0 aromatic heterocycles. The van der Waals surface area contributed by atoms with Gasteiger partial charge in [-0.2, -0.15) is 0 Å². The van der Waals surface area contributed by atoms with Gasteiger partial charge in [-0.15, -0.1) is 12.3 Å². The molecule has 2 heteroatoms. The van der Waals surface area contributed by atoms with E-state index in [-0.39, 0.29) is 0 Å². The molecule has 1 unspecified atom stereocenters. The van der Waals surface area contributed by atoms with Gasteiger partial charge in [-0.3, -0.25) is 4.90 Å². The predicted molar refractivity (Wildman–Crippen MR) is 59.3 cm³/mol. The van der Waals surface area contributed by atoms with Gasteiger partial charge in [0.2, 0.25) is 0 Å². The van der Waals surface area contributed by atoms with Crippen molar-refractivity contribution in [3.63, 3.8) is 0 Å². The number of hydrogen-bond acceptors (Lipinski definition) is 1. The van der Waals surface area contributed by atoms with E-state index in [1.807, 2.05) is 0 Å². The first-order valence-electron chi connectivity index (χ1n) is 4.61. The van der Waals surface area contributed by atoms with Crippen LogP contribution in [0.4, 0.5) is 0 Å². The van der Waals surface area contributed by atoms with Crippen LogP contribution in [0.3, 0.4) is 0 Å². The van der Waals surface area contributed by atoms with Crippen LogP contribution in [0.2, 0.25) is 0 Å². The van der Waals surface area contributed by atoms with E-state index in [0.717, 1.165) is 18.5 Å². The third-order valence-electron chi connectivity index (χ3n) is 3.27. The Morgan fingerprint density at radius 3 is 2.92 bits per heavy atom. The van der Waals surface area contributed by atoms with E-state index in [0.29, 0.717) is 5.92 Å². The molecule has 3 fully saturated rings. The average Bonchev–Trinajstić information content (AvgIpc) is 2.18. The highest BCUT2D eigenvalue weighted by Gasteiger charge is 2.38. The molecule has 2 bridgehead atoms. The number of fused-ring (bicyclic) bond motifs is 3. The number of halogens is 1. The third-order valence-corrected chi connectivity index (χ3v) is 4.29. The second-order valence-electron chi connectivity index (χ2n) is 3.86. The standard InChI is InChI=1S/C10H14IN/c1-2-8-7-12-4-3-9(8)5-10(12)6-11/h1,8-10H,3-7H2/t8-,9-,10-/m0/s1. The fourth-order valence-electron chi connectivity index (χ4n) is 2.49. The summed E-state index contributed by atoms with van der Waals surface area (Å²) in [6.45, 7) is 2.45. The van der Waals surface area contributed by atoms with Crippen LogP contribution in [-0.2, 0) is 0 Å². The van der Waals surface area contributed by atoms with Crippen LogP contribution in [0.5, 0.6) is 0 Å². The molecule has 3 aliphatic heterocycles. The molecule has 3 rings (SSSR count). The zero-order valence-electron chi connectivity index (χ0n) is 7.17. The Kier molecular flexibility index (Phi) is 2.61. The van der Waals surface area contributed by atoms with Gasteiger partial charge in [0.15, 0.2) is 0 Å². The highest BCUT2D eigenvalue weighted by Crippen LogP contribution is 2.36. The molecule has 3 heterocycles. The van der Waals surface area contributed by atoms with Gasteiger partial charge >= 0.3 is 0 Å². The summed E-state index contributed by atoms with van der Waals surface area (Å²) in [5, 5.41) is 0. The number of hydrogen-bond donors (Lipinski definition) is 0. The normalized spacial score (nSPS) is 45.7. The largest absolute Gasteiger partial charge is 0.298 e. The minimum atomic E-state index is 0.554. The SMILES string of the molecule is C#C[C@H]1CN2CC[C@H]1C[C@H]2CI. The van der Waals surface area contributed by atoms with Crippen molar-refractivity contribution in [3.8, 4) is 12.3 Å².